The summed E-state index contributed by atoms with van der Waals surface area (Å²) in [5, 5.41) is 0. The van der Waals surface area contributed by atoms with Crippen molar-refractivity contribution in [1.29, 1.82) is 0 Å². The molecule has 22 heavy (non-hydrogen) atoms. The first-order chi connectivity index (χ1) is 10.3. The van der Waals surface area contributed by atoms with E-state index in [-0.39, 0.29) is 11.1 Å². The van der Waals surface area contributed by atoms with E-state index < -0.39 is 17.6 Å². The Morgan fingerprint density at radius 3 is 2.41 bits per heavy atom. The van der Waals surface area contributed by atoms with E-state index in [1.165, 1.54) is 12.1 Å². The zero-order valence-corrected chi connectivity index (χ0v) is 12.1. The molecule has 0 aliphatic heterocycles. The summed E-state index contributed by atoms with van der Waals surface area (Å²) in [5.41, 5.74) is 5.84. The number of benzene rings is 2. The fraction of sp³-hybridized carbons (Fsp3) is 0.235. The number of hydrogen-bond donors (Lipinski definition) is 1. The highest BCUT2D eigenvalue weighted by Gasteiger charge is 2.33. The fourth-order valence-corrected chi connectivity index (χ4v) is 2.44. The van der Waals surface area contributed by atoms with E-state index in [9.17, 15) is 18.0 Å². The summed E-state index contributed by atoms with van der Waals surface area (Å²) in [6, 6.07) is 10.5. The first-order valence-corrected chi connectivity index (χ1v) is 6.94. The lowest BCUT2D eigenvalue weighted by Crippen LogP contribution is -2.13. The largest absolute Gasteiger partial charge is 0.416 e. The van der Waals surface area contributed by atoms with Crippen molar-refractivity contribution in [2.45, 2.75) is 25.9 Å². The average molecular weight is 307 g/mol. The lowest BCUT2D eigenvalue weighted by atomic mass is 9.94. The highest BCUT2D eigenvalue weighted by Crippen LogP contribution is 2.36. The molecule has 0 aromatic heterocycles. The zero-order chi connectivity index (χ0) is 16.3. The second-order valence-electron chi connectivity index (χ2n) is 5.03. The van der Waals surface area contributed by atoms with Crippen LogP contribution in [0.5, 0.6) is 0 Å². The van der Waals surface area contributed by atoms with Gasteiger partial charge in [0.2, 0.25) is 5.91 Å². The molecule has 0 saturated carbocycles. The van der Waals surface area contributed by atoms with E-state index in [0.717, 1.165) is 6.07 Å². The van der Waals surface area contributed by atoms with Crippen LogP contribution in [0, 0.1) is 0 Å². The maximum atomic E-state index is 13.2. The number of amides is 1. The van der Waals surface area contributed by atoms with Crippen molar-refractivity contribution in [2.75, 3.05) is 0 Å². The molecular formula is C17H16F3NO. The van der Waals surface area contributed by atoms with Gasteiger partial charge < -0.3 is 5.73 Å². The van der Waals surface area contributed by atoms with Crippen LogP contribution in [0.15, 0.2) is 42.5 Å². The molecule has 5 heteroatoms. The Balaban J connectivity index is 2.61. The summed E-state index contributed by atoms with van der Waals surface area (Å²) >= 11 is 0. The number of alkyl halides is 3. The van der Waals surface area contributed by atoms with E-state index >= 15 is 0 Å². The predicted octanol–water partition coefficient (Wildman–Crippen LogP) is 4.42. The molecule has 2 rings (SSSR count). The van der Waals surface area contributed by atoms with Crippen LogP contribution in [-0.2, 0) is 12.6 Å². The van der Waals surface area contributed by atoms with Crippen molar-refractivity contribution in [2.24, 2.45) is 5.73 Å². The van der Waals surface area contributed by atoms with Gasteiger partial charge in [-0.3, -0.25) is 4.79 Å². The van der Waals surface area contributed by atoms with Crippen LogP contribution in [0.4, 0.5) is 13.2 Å². The second kappa shape index (κ2) is 6.22. The molecule has 0 unspecified atom stereocenters. The Hall–Kier alpha value is -2.30. The van der Waals surface area contributed by atoms with Crippen LogP contribution >= 0.6 is 0 Å². The van der Waals surface area contributed by atoms with Crippen LogP contribution in [0.2, 0.25) is 0 Å². The highest BCUT2D eigenvalue weighted by molar-refractivity contribution is 5.99. The molecule has 116 valence electrons. The molecule has 0 atom stereocenters. The fourth-order valence-electron chi connectivity index (χ4n) is 2.44. The van der Waals surface area contributed by atoms with Gasteiger partial charge in [0.05, 0.1) is 5.56 Å². The Morgan fingerprint density at radius 1 is 1.14 bits per heavy atom. The molecule has 0 radical (unpaired) electrons. The minimum absolute atomic E-state index is 0.207. The standard InChI is InChI=1S/C17H16F3NO/c1-2-5-11-8-9-12(10-15(11)17(18,19)20)13-6-3-4-7-14(13)16(21)22/h3-4,6-10H,2,5H2,1H3,(H2,21,22). The van der Waals surface area contributed by atoms with Crippen molar-refractivity contribution in [3.8, 4) is 11.1 Å². The van der Waals surface area contributed by atoms with Gasteiger partial charge in [-0.25, -0.2) is 0 Å². The first kappa shape index (κ1) is 16.1. The van der Waals surface area contributed by atoms with E-state index in [1.807, 2.05) is 6.92 Å². The highest BCUT2D eigenvalue weighted by atomic mass is 19.4. The molecule has 0 aliphatic rings. The number of carbonyl (C=O) groups is 1. The van der Waals surface area contributed by atoms with E-state index in [2.05, 4.69) is 0 Å². The van der Waals surface area contributed by atoms with Gasteiger partial charge in [-0.2, -0.15) is 13.2 Å². The number of nitrogens with two attached hydrogens (primary N) is 1. The number of rotatable bonds is 4. The molecule has 2 aromatic rings. The van der Waals surface area contributed by atoms with Gasteiger partial charge in [0, 0.05) is 5.56 Å². The Bertz CT molecular complexity index is 693. The van der Waals surface area contributed by atoms with Crippen LogP contribution in [0.1, 0.15) is 34.8 Å². The molecule has 0 bridgehead atoms. The lowest BCUT2D eigenvalue weighted by molar-refractivity contribution is -0.138. The first-order valence-electron chi connectivity index (χ1n) is 6.94. The third kappa shape index (κ3) is 3.30. The average Bonchev–Trinajstić information content (AvgIpc) is 2.47. The SMILES string of the molecule is CCCc1ccc(-c2ccccc2C(N)=O)cc1C(F)(F)F. The molecule has 2 aromatic carbocycles. The number of carbonyl (C=O) groups excluding carboxylic acids is 1. The number of hydrogen-bond acceptors (Lipinski definition) is 1. The van der Waals surface area contributed by atoms with Crippen LogP contribution in [-0.4, -0.2) is 5.91 Å². The van der Waals surface area contributed by atoms with Gasteiger partial charge >= 0.3 is 6.18 Å². The number of aryl methyl sites for hydroxylation is 1. The number of halogens is 3. The molecule has 0 saturated heterocycles. The lowest BCUT2D eigenvalue weighted by Gasteiger charge is -2.15. The maximum Gasteiger partial charge on any atom is 0.416 e. The van der Waals surface area contributed by atoms with Crippen molar-refractivity contribution in [3.05, 3.63) is 59.2 Å². The molecule has 1 amide bonds. The summed E-state index contributed by atoms with van der Waals surface area (Å²) < 4.78 is 39.7. The second-order valence-corrected chi connectivity index (χ2v) is 5.03. The van der Waals surface area contributed by atoms with Gasteiger partial charge in [-0.15, -0.1) is 0 Å². The third-order valence-corrected chi connectivity index (χ3v) is 3.44. The van der Waals surface area contributed by atoms with E-state index in [4.69, 9.17) is 5.73 Å². The third-order valence-electron chi connectivity index (χ3n) is 3.44. The van der Waals surface area contributed by atoms with Gasteiger partial charge in [0.1, 0.15) is 0 Å². The zero-order valence-electron chi connectivity index (χ0n) is 12.1. The maximum absolute atomic E-state index is 13.2. The Kier molecular flexibility index (Phi) is 4.54. The van der Waals surface area contributed by atoms with Gasteiger partial charge in [0.25, 0.3) is 0 Å². The van der Waals surface area contributed by atoms with E-state index in [1.54, 1.807) is 24.3 Å². The van der Waals surface area contributed by atoms with Crippen molar-refractivity contribution in [1.82, 2.24) is 0 Å². The molecule has 0 fully saturated rings. The van der Waals surface area contributed by atoms with Crippen molar-refractivity contribution in [3.63, 3.8) is 0 Å². The summed E-state index contributed by atoms with van der Waals surface area (Å²) in [5.74, 6) is -0.665. The summed E-state index contributed by atoms with van der Waals surface area (Å²) in [6.45, 7) is 1.83. The predicted molar refractivity (Wildman–Crippen MR) is 79.4 cm³/mol. The Morgan fingerprint density at radius 2 is 1.82 bits per heavy atom. The molecule has 2 nitrogen and oxygen atoms in total. The minimum Gasteiger partial charge on any atom is -0.366 e. The van der Waals surface area contributed by atoms with Crippen LogP contribution in [0.25, 0.3) is 11.1 Å². The summed E-state index contributed by atoms with van der Waals surface area (Å²) in [7, 11) is 0. The van der Waals surface area contributed by atoms with Gasteiger partial charge in [-0.05, 0) is 35.2 Å². The minimum atomic E-state index is -4.43. The molecule has 0 heterocycles. The molecular weight excluding hydrogens is 291 g/mol. The summed E-state index contributed by atoms with van der Waals surface area (Å²) in [6.07, 6.45) is -3.45. The Labute approximate surface area is 126 Å². The quantitative estimate of drug-likeness (QED) is 0.892. The van der Waals surface area contributed by atoms with Crippen LogP contribution < -0.4 is 5.73 Å². The number of primary amides is 1. The van der Waals surface area contributed by atoms with Crippen molar-refractivity contribution >= 4 is 5.91 Å². The topological polar surface area (TPSA) is 43.1 Å². The smallest absolute Gasteiger partial charge is 0.366 e. The van der Waals surface area contributed by atoms with Crippen LogP contribution in [0.3, 0.4) is 0 Å². The molecule has 0 spiro atoms. The monoisotopic (exact) mass is 307 g/mol. The van der Waals surface area contributed by atoms with Crippen molar-refractivity contribution < 1.29 is 18.0 Å². The van der Waals surface area contributed by atoms with E-state index in [0.29, 0.717) is 24.0 Å². The van der Waals surface area contributed by atoms with Gasteiger partial charge in [-0.1, -0.05) is 43.7 Å². The van der Waals surface area contributed by atoms with Gasteiger partial charge in [0.15, 0.2) is 0 Å². The summed E-state index contributed by atoms with van der Waals surface area (Å²) in [4.78, 5) is 11.4. The molecule has 2 N–H and O–H groups in total. The normalized spacial score (nSPS) is 11.5. The molecule has 0 aliphatic carbocycles.